The van der Waals surface area contributed by atoms with Crippen molar-refractivity contribution >= 4 is 21.7 Å². The Morgan fingerprint density at radius 3 is 2.72 bits per heavy atom. The zero-order valence-electron chi connectivity index (χ0n) is 10.9. The molecule has 0 radical (unpaired) electrons. The van der Waals surface area contributed by atoms with Crippen molar-refractivity contribution in [1.82, 2.24) is 9.97 Å². The van der Waals surface area contributed by atoms with Crippen molar-refractivity contribution < 1.29 is 4.74 Å². The maximum atomic E-state index is 5.65. The fraction of sp³-hybridized carbons (Fsp3) is 0.692. The van der Waals surface area contributed by atoms with Crippen molar-refractivity contribution in [3.63, 3.8) is 0 Å². The second-order valence-electron chi connectivity index (χ2n) is 4.73. The van der Waals surface area contributed by atoms with Crippen LogP contribution >= 0.6 is 15.9 Å². The minimum absolute atomic E-state index is 0.0190. The molecule has 1 N–H and O–H groups in total. The Kier molecular flexibility index (Phi) is 4.95. The molecular formula is C13H20BrN3O. The summed E-state index contributed by atoms with van der Waals surface area (Å²) in [5.41, 5.74) is 0. The fourth-order valence-corrected chi connectivity index (χ4v) is 3.03. The van der Waals surface area contributed by atoms with Crippen molar-refractivity contribution in [2.45, 2.75) is 38.2 Å². The van der Waals surface area contributed by atoms with E-state index in [1.165, 1.54) is 32.1 Å². The molecule has 1 unspecified atom stereocenters. The van der Waals surface area contributed by atoms with E-state index in [4.69, 9.17) is 4.74 Å². The monoisotopic (exact) mass is 313 g/mol. The number of hydrogen-bond donors (Lipinski definition) is 1. The number of rotatable bonds is 4. The highest BCUT2D eigenvalue weighted by atomic mass is 79.9. The van der Waals surface area contributed by atoms with Gasteiger partial charge in [0.1, 0.15) is 11.9 Å². The first kappa shape index (κ1) is 13.7. The quantitative estimate of drug-likeness (QED) is 0.923. The Hall–Kier alpha value is -0.680. The number of ether oxygens (including phenoxy) is 1. The SMILES string of the molecule is CNc1nc(C(OC)C2CCCCC2)ncc1Br. The van der Waals surface area contributed by atoms with Crippen molar-refractivity contribution in [2.24, 2.45) is 5.92 Å². The van der Waals surface area contributed by atoms with E-state index >= 15 is 0 Å². The zero-order valence-corrected chi connectivity index (χ0v) is 12.5. The van der Waals surface area contributed by atoms with Crippen LogP contribution in [0.3, 0.4) is 0 Å². The van der Waals surface area contributed by atoms with Gasteiger partial charge in [0.2, 0.25) is 0 Å². The largest absolute Gasteiger partial charge is 0.373 e. The number of anilines is 1. The van der Waals surface area contributed by atoms with E-state index in [2.05, 4.69) is 31.2 Å². The summed E-state index contributed by atoms with van der Waals surface area (Å²) in [5.74, 6) is 2.16. The number of methoxy groups -OCH3 is 1. The van der Waals surface area contributed by atoms with Gasteiger partial charge in [-0.2, -0.15) is 0 Å². The molecule has 1 fully saturated rings. The van der Waals surface area contributed by atoms with E-state index in [1.54, 1.807) is 13.3 Å². The van der Waals surface area contributed by atoms with Crippen LogP contribution in [0.4, 0.5) is 5.82 Å². The Balaban J connectivity index is 2.20. The van der Waals surface area contributed by atoms with Crippen LogP contribution in [0, 0.1) is 5.92 Å². The van der Waals surface area contributed by atoms with Crippen LogP contribution in [-0.4, -0.2) is 24.1 Å². The lowest BCUT2D eigenvalue weighted by Gasteiger charge is -2.28. The van der Waals surface area contributed by atoms with E-state index in [0.717, 1.165) is 16.1 Å². The Morgan fingerprint density at radius 2 is 2.11 bits per heavy atom. The van der Waals surface area contributed by atoms with E-state index in [-0.39, 0.29) is 6.10 Å². The molecule has 1 aliphatic rings. The summed E-state index contributed by atoms with van der Waals surface area (Å²) < 4.78 is 6.53. The molecule has 0 spiro atoms. The predicted molar refractivity (Wildman–Crippen MR) is 75.6 cm³/mol. The molecule has 1 saturated carbocycles. The van der Waals surface area contributed by atoms with Gasteiger partial charge in [0.15, 0.2) is 5.82 Å². The van der Waals surface area contributed by atoms with E-state index < -0.39 is 0 Å². The molecule has 0 amide bonds. The van der Waals surface area contributed by atoms with E-state index in [1.807, 2.05) is 7.05 Å². The fourth-order valence-electron chi connectivity index (χ4n) is 2.64. The molecule has 1 aliphatic carbocycles. The van der Waals surface area contributed by atoms with Gasteiger partial charge in [-0.25, -0.2) is 9.97 Å². The number of nitrogens with one attached hydrogen (secondary N) is 1. The summed E-state index contributed by atoms with van der Waals surface area (Å²) in [6.07, 6.45) is 8.17. The third kappa shape index (κ3) is 3.01. The topological polar surface area (TPSA) is 47.0 Å². The molecule has 0 aliphatic heterocycles. The zero-order chi connectivity index (χ0) is 13.0. The van der Waals surface area contributed by atoms with Crippen molar-refractivity contribution in [2.75, 3.05) is 19.5 Å². The van der Waals surface area contributed by atoms with Gasteiger partial charge < -0.3 is 10.1 Å². The van der Waals surface area contributed by atoms with Crippen molar-refractivity contribution in [1.29, 1.82) is 0 Å². The molecule has 1 aromatic rings. The lowest BCUT2D eigenvalue weighted by Crippen LogP contribution is -2.20. The van der Waals surface area contributed by atoms with E-state index in [0.29, 0.717) is 5.92 Å². The molecule has 1 heterocycles. The first-order valence-electron chi connectivity index (χ1n) is 6.49. The van der Waals surface area contributed by atoms with Gasteiger partial charge in [-0.05, 0) is 34.7 Å². The molecule has 1 aromatic heterocycles. The molecule has 18 heavy (non-hydrogen) atoms. The molecular weight excluding hydrogens is 294 g/mol. The number of hydrogen-bond acceptors (Lipinski definition) is 4. The average Bonchev–Trinajstić information content (AvgIpc) is 2.42. The Morgan fingerprint density at radius 1 is 1.39 bits per heavy atom. The predicted octanol–water partition coefficient (Wildman–Crippen LogP) is 3.55. The van der Waals surface area contributed by atoms with Crippen LogP contribution in [0.15, 0.2) is 10.7 Å². The summed E-state index contributed by atoms with van der Waals surface area (Å²) in [5, 5.41) is 3.06. The summed E-state index contributed by atoms with van der Waals surface area (Å²) in [7, 11) is 3.61. The van der Waals surface area contributed by atoms with Gasteiger partial charge >= 0.3 is 0 Å². The summed E-state index contributed by atoms with van der Waals surface area (Å²) >= 11 is 3.43. The standard InChI is InChI=1S/C13H20BrN3O/c1-15-12-10(14)8-16-13(17-12)11(18-2)9-6-4-3-5-7-9/h8-9,11H,3-7H2,1-2H3,(H,15,16,17). The van der Waals surface area contributed by atoms with Crippen LogP contribution in [-0.2, 0) is 4.74 Å². The van der Waals surface area contributed by atoms with Crippen LogP contribution < -0.4 is 5.32 Å². The van der Waals surface area contributed by atoms with Crippen LogP contribution in [0.25, 0.3) is 0 Å². The highest BCUT2D eigenvalue weighted by molar-refractivity contribution is 9.10. The number of halogens is 1. The normalized spacial score (nSPS) is 18.6. The highest BCUT2D eigenvalue weighted by Crippen LogP contribution is 2.35. The van der Waals surface area contributed by atoms with Crippen LogP contribution in [0.5, 0.6) is 0 Å². The van der Waals surface area contributed by atoms with Gasteiger partial charge in [0.05, 0.1) is 4.47 Å². The summed E-state index contributed by atoms with van der Waals surface area (Å²) in [6.45, 7) is 0. The van der Waals surface area contributed by atoms with Gasteiger partial charge in [-0.3, -0.25) is 0 Å². The summed E-state index contributed by atoms with van der Waals surface area (Å²) in [6, 6.07) is 0. The third-order valence-electron chi connectivity index (χ3n) is 3.59. The second kappa shape index (κ2) is 6.48. The second-order valence-corrected chi connectivity index (χ2v) is 5.58. The minimum atomic E-state index is 0.0190. The first-order valence-corrected chi connectivity index (χ1v) is 7.28. The molecule has 5 heteroatoms. The average molecular weight is 314 g/mol. The molecule has 100 valence electrons. The van der Waals surface area contributed by atoms with Crippen molar-refractivity contribution in [3.8, 4) is 0 Å². The maximum Gasteiger partial charge on any atom is 0.159 e. The molecule has 0 saturated heterocycles. The third-order valence-corrected chi connectivity index (χ3v) is 4.17. The minimum Gasteiger partial charge on any atom is -0.373 e. The molecule has 4 nitrogen and oxygen atoms in total. The molecule has 2 rings (SSSR count). The number of aromatic nitrogens is 2. The van der Waals surface area contributed by atoms with Crippen LogP contribution in [0.2, 0.25) is 0 Å². The smallest absolute Gasteiger partial charge is 0.159 e. The number of nitrogens with zero attached hydrogens (tertiary/aromatic N) is 2. The molecule has 0 aromatic carbocycles. The maximum absolute atomic E-state index is 5.65. The lowest BCUT2D eigenvalue weighted by atomic mass is 9.85. The van der Waals surface area contributed by atoms with Gasteiger partial charge in [0, 0.05) is 20.4 Å². The molecule has 0 bridgehead atoms. The van der Waals surface area contributed by atoms with Crippen LogP contribution in [0.1, 0.15) is 44.0 Å². The lowest BCUT2D eigenvalue weighted by molar-refractivity contribution is 0.0290. The van der Waals surface area contributed by atoms with Gasteiger partial charge in [-0.1, -0.05) is 19.3 Å². The first-order chi connectivity index (χ1) is 8.76. The van der Waals surface area contributed by atoms with E-state index in [9.17, 15) is 0 Å². The van der Waals surface area contributed by atoms with Crippen molar-refractivity contribution in [3.05, 3.63) is 16.5 Å². The molecule has 1 atom stereocenters. The Bertz CT molecular complexity index is 394. The highest BCUT2D eigenvalue weighted by Gasteiger charge is 2.27. The van der Waals surface area contributed by atoms with Gasteiger partial charge in [0.25, 0.3) is 0 Å². The van der Waals surface area contributed by atoms with Gasteiger partial charge in [-0.15, -0.1) is 0 Å². The summed E-state index contributed by atoms with van der Waals surface area (Å²) in [4.78, 5) is 8.95. The Labute approximate surface area is 117 Å².